The molecule has 0 bridgehead atoms. The standard InChI is InChI=1S/C19H15N5OS/c1-13-21-22-18-10-9-17(23-24(13)18)14-4-6-15(7-5-14)20-19(25)11-8-16-3-2-12-26-16/h2-12H,1H3,(H,20,25)/b11-8+. The molecular weight excluding hydrogens is 346 g/mol. The molecule has 0 atom stereocenters. The molecule has 1 aromatic carbocycles. The number of thiophene rings is 1. The summed E-state index contributed by atoms with van der Waals surface area (Å²) >= 11 is 1.59. The highest BCUT2D eigenvalue weighted by atomic mass is 32.1. The van der Waals surface area contributed by atoms with Crippen LogP contribution in [-0.2, 0) is 4.79 Å². The number of nitrogens with one attached hydrogen (secondary N) is 1. The molecule has 7 heteroatoms. The summed E-state index contributed by atoms with van der Waals surface area (Å²) in [7, 11) is 0. The van der Waals surface area contributed by atoms with E-state index in [1.54, 1.807) is 21.9 Å². The van der Waals surface area contributed by atoms with E-state index in [4.69, 9.17) is 0 Å². The minimum absolute atomic E-state index is 0.161. The molecular formula is C19H15N5OS. The van der Waals surface area contributed by atoms with Gasteiger partial charge in [-0.2, -0.15) is 9.61 Å². The molecule has 0 saturated heterocycles. The van der Waals surface area contributed by atoms with Crippen LogP contribution >= 0.6 is 11.3 Å². The highest BCUT2D eigenvalue weighted by Gasteiger charge is 2.06. The van der Waals surface area contributed by atoms with Crippen LogP contribution in [0.4, 0.5) is 5.69 Å². The van der Waals surface area contributed by atoms with Gasteiger partial charge in [0, 0.05) is 22.2 Å². The lowest BCUT2D eigenvalue weighted by Gasteiger charge is -2.05. The number of hydrogen-bond acceptors (Lipinski definition) is 5. The summed E-state index contributed by atoms with van der Waals surface area (Å²) in [5, 5.41) is 17.4. The molecule has 0 aliphatic carbocycles. The molecule has 4 aromatic rings. The molecule has 6 nitrogen and oxygen atoms in total. The number of carbonyl (C=O) groups excluding carboxylic acids is 1. The van der Waals surface area contributed by atoms with E-state index in [0.29, 0.717) is 5.65 Å². The smallest absolute Gasteiger partial charge is 0.248 e. The Morgan fingerprint density at radius 1 is 1.12 bits per heavy atom. The van der Waals surface area contributed by atoms with Crippen molar-refractivity contribution in [2.75, 3.05) is 5.32 Å². The van der Waals surface area contributed by atoms with Crippen molar-refractivity contribution < 1.29 is 4.79 Å². The molecule has 3 heterocycles. The number of aromatic nitrogens is 4. The van der Waals surface area contributed by atoms with Crippen LogP contribution in [0.2, 0.25) is 0 Å². The van der Waals surface area contributed by atoms with E-state index in [0.717, 1.165) is 27.6 Å². The molecule has 1 amide bonds. The van der Waals surface area contributed by atoms with Crippen molar-refractivity contribution in [2.24, 2.45) is 0 Å². The molecule has 26 heavy (non-hydrogen) atoms. The Morgan fingerprint density at radius 2 is 1.96 bits per heavy atom. The molecule has 3 aromatic heterocycles. The largest absolute Gasteiger partial charge is 0.323 e. The van der Waals surface area contributed by atoms with Crippen LogP contribution in [0.15, 0.2) is 60.0 Å². The van der Waals surface area contributed by atoms with Crippen LogP contribution in [0.1, 0.15) is 10.7 Å². The Kier molecular flexibility index (Phi) is 4.28. The van der Waals surface area contributed by atoms with Gasteiger partial charge in [0.1, 0.15) is 0 Å². The van der Waals surface area contributed by atoms with Crippen LogP contribution in [0.25, 0.3) is 23.0 Å². The van der Waals surface area contributed by atoms with Crippen molar-refractivity contribution in [1.29, 1.82) is 0 Å². The number of nitrogens with zero attached hydrogens (tertiary/aromatic N) is 4. The first-order valence-corrected chi connectivity index (χ1v) is 8.89. The monoisotopic (exact) mass is 361 g/mol. The maximum Gasteiger partial charge on any atom is 0.248 e. The molecule has 0 aliphatic rings. The molecule has 0 saturated carbocycles. The van der Waals surface area contributed by atoms with Gasteiger partial charge in [0.2, 0.25) is 5.91 Å². The number of rotatable bonds is 4. The lowest BCUT2D eigenvalue weighted by Crippen LogP contribution is -2.07. The van der Waals surface area contributed by atoms with Gasteiger partial charge in [0.05, 0.1) is 5.69 Å². The molecule has 128 valence electrons. The van der Waals surface area contributed by atoms with E-state index in [1.807, 2.05) is 60.8 Å². The fraction of sp³-hybridized carbons (Fsp3) is 0.0526. The quantitative estimate of drug-likeness (QED) is 0.561. The highest BCUT2D eigenvalue weighted by molar-refractivity contribution is 7.10. The number of anilines is 1. The van der Waals surface area contributed by atoms with E-state index in [2.05, 4.69) is 20.6 Å². The zero-order chi connectivity index (χ0) is 17.9. The van der Waals surface area contributed by atoms with Gasteiger partial charge < -0.3 is 5.32 Å². The summed E-state index contributed by atoms with van der Waals surface area (Å²) in [6, 6.07) is 15.3. The first-order valence-electron chi connectivity index (χ1n) is 8.01. The lowest BCUT2D eigenvalue weighted by molar-refractivity contribution is -0.111. The molecule has 0 fully saturated rings. The van der Waals surface area contributed by atoms with Crippen molar-refractivity contribution in [3.8, 4) is 11.3 Å². The van der Waals surface area contributed by atoms with Gasteiger partial charge in [-0.15, -0.1) is 21.5 Å². The molecule has 4 rings (SSSR count). The zero-order valence-electron chi connectivity index (χ0n) is 14.0. The van der Waals surface area contributed by atoms with Crippen molar-refractivity contribution in [3.05, 3.63) is 70.7 Å². The average Bonchev–Trinajstić information content (AvgIpc) is 3.31. The second-order valence-corrected chi connectivity index (χ2v) is 6.63. The van der Waals surface area contributed by atoms with Gasteiger partial charge in [-0.3, -0.25) is 4.79 Å². The minimum Gasteiger partial charge on any atom is -0.323 e. The molecule has 0 spiro atoms. The van der Waals surface area contributed by atoms with Crippen LogP contribution in [0, 0.1) is 6.92 Å². The third-order valence-corrected chi connectivity index (χ3v) is 4.65. The van der Waals surface area contributed by atoms with Crippen LogP contribution in [0.5, 0.6) is 0 Å². The average molecular weight is 361 g/mol. The Labute approximate surface area is 153 Å². The summed E-state index contributed by atoms with van der Waals surface area (Å²) in [5.74, 6) is 0.578. The van der Waals surface area contributed by atoms with Crippen molar-refractivity contribution in [2.45, 2.75) is 6.92 Å². The van der Waals surface area contributed by atoms with E-state index in [9.17, 15) is 4.79 Å². The zero-order valence-corrected chi connectivity index (χ0v) is 14.8. The van der Waals surface area contributed by atoms with Crippen molar-refractivity contribution >= 4 is 34.7 Å². The van der Waals surface area contributed by atoms with Crippen molar-refractivity contribution in [1.82, 2.24) is 19.8 Å². The van der Waals surface area contributed by atoms with E-state index in [1.165, 1.54) is 6.08 Å². The first kappa shape index (κ1) is 16.2. The summed E-state index contributed by atoms with van der Waals surface area (Å²) in [6.07, 6.45) is 3.33. The first-order chi connectivity index (χ1) is 12.7. The number of carbonyl (C=O) groups is 1. The van der Waals surface area contributed by atoms with E-state index in [-0.39, 0.29) is 5.91 Å². The maximum absolute atomic E-state index is 12.0. The highest BCUT2D eigenvalue weighted by Crippen LogP contribution is 2.20. The number of benzene rings is 1. The van der Waals surface area contributed by atoms with Crippen LogP contribution in [-0.4, -0.2) is 25.7 Å². The molecule has 0 radical (unpaired) electrons. The van der Waals surface area contributed by atoms with Crippen LogP contribution in [0.3, 0.4) is 0 Å². The van der Waals surface area contributed by atoms with Crippen molar-refractivity contribution in [3.63, 3.8) is 0 Å². The Morgan fingerprint density at radius 3 is 2.73 bits per heavy atom. The van der Waals surface area contributed by atoms with E-state index >= 15 is 0 Å². The van der Waals surface area contributed by atoms with Gasteiger partial charge in [0.15, 0.2) is 11.5 Å². The van der Waals surface area contributed by atoms with Gasteiger partial charge in [-0.25, -0.2) is 0 Å². The third kappa shape index (κ3) is 3.38. The van der Waals surface area contributed by atoms with Gasteiger partial charge in [0.25, 0.3) is 0 Å². The van der Waals surface area contributed by atoms with Gasteiger partial charge in [-0.05, 0) is 48.7 Å². The van der Waals surface area contributed by atoms with E-state index < -0.39 is 0 Å². The second-order valence-electron chi connectivity index (χ2n) is 5.65. The van der Waals surface area contributed by atoms with Crippen LogP contribution < -0.4 is 5.32 Å². The Hall–Kier alpha value is -3.32. The van der Waals surface area contributed by atoms with Gasteiger partial charge >= 0.3 is 0 Å². The molecule has 1 N–H and O–H groups in total. The minimum atomic E-state index is -0.161. The maximum atomic E-state index is 12.0. The fourth-order valence-corrected chi connectivity index (χ4v) is 3.12. The SMILES string of the molecule is Cc1nnc2ccc(-c3ccc(NC(=O)/C=C/c4cccs4)cc3)nn12. The third-order valence-electron chi connectivity index (χ3n) is 3.81. The number of aryl methyl sites for hydroxylation is 1. The predicted molar refractivity (Wildman–Crippen MR) is 103 cm³/mol. The van der Waals surface area contributed by atoms with Gasteiger partial charge in [-0.1, -0.05) is 18.2 Å². The second kappa shape index (κ2) is 6.89. The topological polar surface area (TPSA) is 72.2 Å². The number of amides is 1. The predicted octanol–water partition coefficient (Wildman–Crippen LogP) is 3.81. The summed E-state index contributed by atoms with van der Waals surface area (Å²) < 4.78 is 1.71. The number of hydrogen-bond donors (Lipinski definition) is 1. The molecule has 0 unspecified atom stereocenters. The Bertz CT molecular complexity index is 1080. The number of fused-ring (bicyclic) bond motifs is 1. The Balaban J connectivity index is 1.49. The molecule has 0 aliphatic heterocycles. The normalized spacial score (nSPS) is 11.3. The fourth-order valence-electron chi connectivity index (χ4n) is 2.50. The summed E-state index contributed by atoms with van der Waals surface area (Å²) in [4.78, 5) is 13.0. The lowest BCUT2D eigenvalue weighted by atomic mass is 10.1. The summed E-state index contributed by atoms with van der Waals surface area (Å²) in [6.45, 7) is 1.86. The summed E-state index contributed by atoms with van der Waals surface area (Å²) in [5.41, 5.74) is 3.21.